The molecule has 0 aliphatic heterocycles. The lowest BCUT2D eigenvalue weighted by Gasteiger charge is -2.01. The number of hydrazone groups is 1. The molecule has 2 heterocycles. The molecule has 10 heteroatoms. The second-order valence-electron chi connectivity index (χ2n) is 5.36. The molecule has 0 aliphatic carbocycles. The van der Waals surface area contributed by atoms with Crippen LogP contribution in [0.1, 0.15) is 21.7 Å². The number of benzene rings is 1. The number of rotatable bonds is 3. The van der Waals surface area contributed by atoms with Gasteiger partial charge in [0, 0.05) is 12.1 Å². The average Bonchev–Trinajstić information content (AvgIpc) is 2.85. The minimum absolute atomic E-state index is 0.132. The number of nitrogens with one attached hydrogen (secondary N) is 1. The summed E-state index contributed by atoms with van der Waals surface area (Å²) < 4.78 is 7.51. The number of carbonyl (C=O) groups excluding carboxylic acids is 1. The van der Waals surface area contributed by atoms with E-state index >= 15 is 0 Å². The van der Waals surface area contributed by atoms with Gasteiger partial charge in [0.1, 0.15) is 6.26 Å². The van der Waals surface area contributed by atoms with Crippen LogP contribution in [0.25, 0.3) is 11.0 Å². The van der Waals surface area contributed by atoms with Crippen LogP contribution in [0, 0.1) is 6.92 Å². The van der Waals surface area contributed by atoms with Crippen molar-refractivity contribution in [1.29, 1.82) is 0 Å². The highest BCUT2D eigenvalue weighted by Crippen LogP contribution is 2.26. The number of aryl methyl sites for hydroxylation is 1. The number of halogens is 3. The van der Waals surface area contributed by atoms with Crippen LogP contribution in [0.4, 0.5) is 0 Å². The largest absolute Gasteiger partial charge is 0.462 e. The normalized spacial score (nSPS) is 11.4. The number of aromatic nitrogens is 2. The Bertz CT molecular complexity index is 1120. The molecule has 0 fully saturated rings. The fourth-order valence-corrected chi connectivity index (χ4v) is 3.26. The molecule has 7 nitrogen and oxygen atoms in total. The predicted octanol–water partition coefficient (Wildman–Crippen LogP) is 3.67. The van der Waals surface area contributed by atoms with Crippen molar-refractivity contribution in [3.63, 3.8) is 0 Å². The highest BCUT2D eigenvalue weighted by molar-refractivity contribution is 9.10. The predicted molar refractivity (Wildman–Crippen MR) is 103 cm³/mol. The minimum Gasteiger partial charge on any atom is -0.462 e. The number of fused-ring (bicyclic) bond motifs is 1. The topological polar surface area (TPSA) is 89.5 Å². The smallest absolute Gasteiger partial charge is 0.293 e. The molecule has 0 spiro atoms. The fraction of sp³-hybridized carbons (Fsp3) is 0.125. The van der Waals surface area contributed by atoms with Crippen LogP contribution >= 0.6 is 39.1 Å². The zero-order chi connectivity index (χ0) is 19.0. The van der Waals surface area contributed by atoms with E-state index in [0.717, 1.165) is 5.69 Å². The minimum atomic E-state index is -0.520. The van der Waals surface area contributed by atoms with Crippen LogP contribution in [0.3, 0.4) is 0 Å². The maximum absolute atomic E-state index is 12.5. The zero-order valence-corrected chi connectivity index (χ0v) is 16.6. The van der Waals surface area contributed by atoms with E-state index in [1.165, 1.54) is 24.6 Å². The lowest BCUT2D eigenvalue weighted by Crippen LogP contribution is -2.19. The molecular formula is C16H11BrCl2N4O3. The lowest BCUT2D eigenvalue weighted by atomic mass is 10.2. The number of hydrogen-bond acceptors (Lipinski definition) is 5. The highest BCUT2D eigenvalue weighted by Gasteiger charge is 2.17. The van der Waals surface area contributed by atoms with Gasteiger partial charge in [-0.3, -0.25) is 14.3 Å². The summed E-state index contributed by atoms with van der Waals surface area (Å²) in [5, 5.41) is 8.65. The van der Waals surface area contributed by atoms with Crippen molar-refractivity contribution < 1.29 is 9.21 Å². The standard InChI is InChI=1S/C16H11BrCl2N4O3/c1-7-12(17)13(22-23(7)2)16(25)21-20-5-8-6-26-15-10(14(8)24)3-9(18)4-11(15)19/h3-6H,1-2H3,(H,21,25)/b20-5-. The van der Waals surface area contributed by atoms with Crippen molar-refractivity contribution in [2.24, 2.45) is 12.1 Å². The number of nitrogens with zero attached hydrogens (tertiary/aromatic N) is 3. The molecule has 0 saturated heterocycles. The van der Waals surface area contributed by atoms with E-state index in [-0.39, 0.29) is 32.7 Å². The Balaban J connectivity index is 1.87. The molecule has 0 radical (unpaired) electrons. The maximum Gasteiger partial charge on any atom is 0.293 e. The van der Waals surface area contributed by atoms with Gasteiger partial charge in [0.05, 0.1) is 32.4 Å². The molecule has 1 N–H and O–H groups in total. The summed E-state index contributed by atoms with van der Waals surface area (Å²) in [5.41, 5.74) is 3.29. The number of hydrogen-bond donors (Lipinski definition) is 1. The van der Waals surface area contributed by atoms with E-state index in [9.17, 15) is 9.59 Å². The first kappa shape index (κ1) is 18.6. The molecule has 0 saturated carbocycles. The summed E-state index contributed by atoms with van der Waals surface area (Å²) in [6.07, 6.45) is 2.39. The van der Waals surface area contributed by atoms with E-state index in [1.54, 1.807) is 11.7 Å². The van der Waals surface area contributed by atoms with Crippen molar-refractivity contribution in [1.82, 2.24) is 15.2 Å². The van der Waals surface area contributed by atoms with Crippen molar-refractivity contribution in [3.8, 4) is 0 Å². The summed E-state index contributed by atoms with van der Waals surface area (Å²) in [6.45, 7) is 1.81. The van der Waals surface area contributed by atoms with Crippen LogP contribution in [-0.4, -0.2) is 21.9 Å². The van der Waals surface area contributed by atoms with Crippen molar-refractivity contribution in [2.75, 3.05) is 0 Å². The third-order valence-electron chi connectivity index (χ3n) is 3.66. The molecule has 1 aromatic carbocycles. The van der Waals surface area contributed by atoms with Gasteiger partial charge in [-0.1, -0.05) is 23.2 Å². The molecule has 1 amide bonds. The molecule has 3 aromatic rings. The van der Waals surface area contributed by atoms with Gasteiger partial charge in [0.2, 0.25) is 5.43 Å². The SMILES string of the molecule is Cc1c(Br)c(C(=O)N/N=C\c2coc3c(Cl)cc(Cl)cc3c2=O)nn1C. The Morgan fingerprint density at radius 3 is 2.81 bits per heavy atom. The molecule has 134 valence electrons. The molecule has 0 atom stereocenters. The van der Waals surface area contributed by atoms with E-state index < -0.39 is 5.91 Å². The molecule has 0 unspecified atom stereocenters. The van der Waals surface area contributed by atoms with Gasteiger partial charge >= 0.3 is 0 Å². The van der Waals surface area contributed by atoms with Crippen LogP contribution in [-0.2, 0) is 7.05 Å². The molecule has 3 rings (SSSR count). The summed E-state index contributed by atoms with van der Waals surface area (Å²) in [5.74, 6) is -0.520. The fourth-order valence-electron chi connectivity index (χ4n) is 2.21. The van der Waals surface area contributed by atoms with Crippen molar-refractivity contribution >= 4 is 62.2 Å². The van der Waals surface area contributed by atoms with Crippen LogP contribution in [0.5, 0.6) is 0 Å². The van der Waals surface area contributed by atoms with Gasteiger partial charge in [0.15, 0.2) is 11.3 Å². The quantitative estimate of drug-likeness (QED) is 0.480. The highest BCUT2D eigenvalue weighted by atomic mass is 79.9. The third kappa shape index (κ3) is 3.40. The van der Waals surface area contributed by atoms with Crippen LogP contribution in [0.15, 0.2) is 37.2 Å². The van der Waals surface area contributed by atoms with Gasteiger partial charge in [-0.2, -0.15) is 10.2 Å². The van der Waals surface area contributed by atoms with Crippen LogP contribution in [0.2, 0.25) is 10.0 Å². The first-order chi connectivity index (χ1) is 12.3. The molecule has 26 heavy (non-hydrogen) atoms. The molecule has 0 bridgehead atoms. The van der Waals surface area contributed by atoms with Gasteiger partial charge in [0.25, 0.3) is 5.91 Å². The summed E-state index contributed by atoms with van der Waals surface area (Å²) >= 11 is 15.2. The molecule has 2 aromatic heterocycles. The second kappa shape index (κ2) is 7.22. The van der Waals surface area contributed by atoms with E-state index in [4.69, 9.17) is 27.6 Å². The Hall–Kier alpha value is -2.16. The first-order valence-electron chi connectivity index (χ1n) is 7.22. The van der Waals surface area contributed by atoms with Gasteiger partial charge in [-0.25, -0.2) is 5.43 Å². The van der Waals surface area contributed by atoms with Gasteiger partial charge in [-0.15, -0.1) is 0 Å². The van der Waals surface area contributed by atoms with Gasteiger partial charge in [-0.05, 0) is 35.0 Å². The lowest BCUT2D eigenvalue weighted by molar-refractivity contribution is 0.0948. The van der Waals surface area contributed by atoms with Crippen LogP contribution < -0.4 is 10.9 Å². The number of carbonyl (C=O) groups is 1. The molecule has 0 aliphatic rings. The summed E-state index contributed by atoms with van der Waals surface area (Å²) in [4.78, 5) is 24.6. The average molecular weight is 458 g/mol. The molecular weight excluding hydrogens is 447 g/mol. The maximum atomic E-state index is 12.5. The zero-order valence-electron chi connectivity index (χ0n) is 13.5. The Labute approximate surface area is 165 Å². The summed E-state index contributed by atoms with van der Waals surface area (Å²) in [7, 11) is 1.72. The van der Waals surface area contributed by atoms with Gasteiger partial charge < -0.3 is 4.42 Å². The Kier molecular flexibility index (Phi) is 5.17. The monoisotopic (exact) mass is 456 g/mol. The third-order valence-corrected chi connectivity index (χ3v) is 5.11. The Morgan fingerprint density at radius 1 is 1.42 bits per heavy atom. The van der Waals surface area contributed by atoms with E-state index in [1.807, 2.05) is 6.92 Å². The van der Waals surface area contributed by atoms with E-state index in [0.29, 0.717) is 9.50 Å². The van der Waals surface area contributed by atoms with Crippen molar-refractivity contribution in [3.05, 3.63) is 60.1 Å². The number of amides is 1. The Morgan fingerprint density at radius 2 is 2.15 bits per heavy atom. The summed E-state index contributed by atoms with van der Waals surface area (Å²) in [6, 6.07) is 2.94. The first-order valence-corrected chi connectivity index (χ1v) is 8.77. The second-order valence-corrected chi connectivity index (χ2v) is 6.99. The van der Waals surface area contributed by atoms with Crippen molar-refractivity contribution in [2.45, 2.75) is 6.92 Å². The van der Waals surface area contributed by atoms with E-state index in [2.05, 4.69) is 31.6 Å².